The van der Waals surface area contributed by atoms with Gasteiger partial charge < -0.3 is 14.4 Å². The SMILES string of the molecule is COc1ccc(S(=O)(=O)NC(Cc2ccccc2)C(=O)N2CCOCC2)cc1Cl. The molecule has 0 saturated carbocycles. The molecule has 0 aromatic heterocycles. The monoisotopic (exact) mass is 438 g/mol. The van der Waals surface area contributed by atoms with Crippen molar-refractivity contribution >= 4 is 27.5 Å². The second kappa shape index (κ2) is 9.58. The van der Waals surface area contributed by atoms with Gasteiger partial charge in [0.15, 0.2) is 0 Å². The lowest BCUT2D eigenvalue weighted by molar-refractivity contribution is -0.137. The quantitative estimate of drug-likeness (QED) is 0.715. The molecular weight excluding hydrogens is 416 g/mol. The average Bonchev–Trinajstić information content (AvgIpc) is 2.74. The highest BCUT2D eigenvalue weighted by Crippen LogP contribution is 2.27. The fourth-order valence-electron chi connectivity index (χ4n) is 3.10. The van der Waals surface area contributed by atoms with Crippen molar-refractivity contribution in [1.29, 1.82) is 0 Å². The molecule has 2 aromatic carbocycles. The predicted molar refractivity (Wildman–Crippen MR) is 110 cm³/mol. The number of methoxy groups -OCH3 is 1. The molecule has 1 amide bonds. The Morgan fingerprint density at radius 3 is 2.52 bits per heavy atom. The van der Waals surface area contributed by atoms with Crippen molar-refractivity contribution in [1.82, 2.24) is 9.62 Å². The van der Waals surface area contributed by atoms with Crippen molar-refractivity contribution in [2.24, 2.45) is 0 Å². The van der Waals surface area contributed by atoms with E-state index in [9.17, 15) is 13.2 Å². The van der Waals surface area contributed by atoms with E-state index in [0.29, 0.717) is 32.1 Å². The van der Waals surface area contributed by atoms with Crippen LogP contribution in [0.25, 0.3) is 0 Å². The summed E-state index contributed by atoms with van der Waals surface area (Å²) in [6.07, 6.45) is 0.236. The highest BCUT2D eigenvalue weighted by molar-refractivity contribution is 7.89. The summed E-state index contributed by atoms with van der Waals surface area (Å²) in [6, 6.07) is 12.5. The van der Waals surface area contributed by atoms with E-state index in [2.05, 4.69) is 4.72 Å². The summed E-state index contributed by atoms with van der Waals surface area (Å²) >= 11 is 6.08. The zero-order valence-corrected chi connectivity index (χ0v) is 17.6. The van der Waals surface area contributed by atoms with E-state index in [1.807, 2.05) is 30.3 Å². The number of nitrogens with zero attached hydrogens (tertiary/aromatic N) is 1. The molecule has 1 fully saturated rings. The number of carbonyl (C=O) groups excluding carboxylic acids is 1. The van der Waals surface area contributed by atoms with Crippen LogP contribution in [0, 0.1) is 0 Å². The lowest BCUT2D eigenvalue weighted by Gasteiger charge is -2.30. The topological polar surface area (TPSA) is 84.9 Å². The van der Waals surface area contributed by atoms with Crippen LogP contribution < -0.4 is 9.46 Å². The highest BCUT2D eigenvalue weighted by Gasteiger charge is 2.30. The third-order valence-electron chi connectivity index (χ3n) is 4.63. The predicted octanol–water partition coefficient (Wildman–Crippen LogP) is 2.10. The second-order valence-corrected chi connectivity index (χ2v) is 8.72. The Morgan fingerprint density at radius 2 is 1.90 bits per heavy atom. The Hall–Kier alpha value is -2.13. The lowest BCUT2D eigenvalue weighted by atomic mass is 10.1. The van der Waals surface area contributed by atoms with Gasteiger partial charge in [0, 0.05) is 13.1 Å². The van der Waals surface area contributed by atoms with E-state index >= 15 is 0 Å². The molecular formula is C20H23ClN2O5S. The maximum absolute atomic E-state index is 13.1. The van der Waals surface area contributed by atoms with Crippen LogP contribution in [0.3, 0.4) is 0 Å². The second-order valence-electron chi connectivity index (χ2n) is 6.60. The van der Waals surface area contributed by atoms with Gasteiger partial charge in [0.05, 0.1) is 30.2 Å². The summed E-state index contributed by atoms with van der Waals surface area (Å²) in [7, 11) is -2.53. The maximum atomic E-state index is 13.1. The summed E-state index contributed by atoms with van der Waals surface area (Å²) in [5.41, 5.74) is 0.856. The molecule has 9 heteroatoms. The first-order valence-corrected chi connectivity index (χ1v) is 11.0. The normalized spacial score (nSPS) is 15.7. The molecule has 0 bridgehead atoms. The van der Waals surface area contributed by atoms with Crippen molar-refractivity contribution in [3.05, 3.63) is 59.1 Å². The van der Waals surface area contributed by atoms with Gasteiger partial charge in [-0.05, 0) is 30.2 Å². The number of halogens is 1. The van der Waals surface area contributed by atoms with Gasteiger partial charge in [0.1, 0.15) is 11.8 Å². The summed E-state index contributed by atoms with van der Waals surface area (Å²) in [5.74, 6) is 0.0937. The molecule has 1 heterocycles. The summed E-state index contributed by atoms with van der Waals surface area (Å²) in [6.45, 7) is 1.73. The number of nitrogens with one attached hydrogen (secondary N) is 1. The number of morpholine rings is 1. The summed E-state index contributed by atoms with van der Waals surface area (Å²) in [5, 5.41) is 0.175. The molecule has 1 N–H and O–H groups in total. The van der Waals surface area contributed by atoms with Crippen LogP contribution in [-0.2, 0) is 26.0 Å². The Balaban J connectivity index is 1.86. The molecule has 1 unspecified atom stereocenters. The van der Waals surface area contributed by atoms with E-state index in [0.717, 1.165) is 5.56 Å². The van der Waals surface area contributed by atoms with Crippen LogP contribution in [0.4, 0.5) is 0 Å². The molecule has 3 rings (SSSR count). The van der Waals surface area contributed by atoms with Crippen LogP contribution in [0.1, 0.15) is 5.56 Å². The Morgan fingerprint density at radius 1 is 1.21 bits per heavy atom. The van der Waals surface area contributed by atoms with Crippen molar-refractivity contribution in [3.8, 4) is 5.75 Å². The molecule has 2 aromatic rings. The molecule has 0 aliphatic carbocycles. The minimum atomic E-state index is -3.98. The van der Waals surface area contributed by atoms with E-state index < -0.39 is 16.1 Å². The first-order chi connectivity index (χ1) is 13.9. The van der Waals surface area contributed by atoms with Crippen molar-refractivity contribution in [2.45, 2.75) is 17.4 Å². The van der Waals surface area contributed by atoms with Gasteiger partial charge in [-0.2, -0.15) is 4.72 Å². The Bertz CT molecular complexity index is 947. The molecule has 156 valence electrons. The Kier molecular flexibility index (Phi) is 7.13. The van der Waals surface area contributed by atoms with Gasteiger partial charge in [-0.1, -0.05) is 41.9 Å². The first-order valence-electron chi connectivity index (χ1n) is 9.17. The molecule has 29 heavy (non-hydrogen) atoms. The number of sulfonamides is 1. The van der Waals surface area contributed by atoms with Crippen LogP contribution in [0.2, 0.25) is 5.02 Å². The number of hydrogen-bond acceptors (Lipinski definition) is 5. The minimum Gasteiger partial charge on any atom is -0.495 e. The maximum Gasteiger partial charge on any atom is 0.241 e. The minimum absolute atomic E-state index is 0.0314. The van der Waals surface area contributed by atoms with Gasteiger partial charge in [-0.15, -0.1) is 0 Å². The van der Waals surface area contributed by atoms with Crippen LogP contribution >= 0.6 is 11.6 Å². The lowest BCUT2D eigenvalue weighted by Crippen LogP contribution is -2.52. The average molecular weight is 439 g/mol. The van der Waals surface area contributed by atoms with Crippen molar-refractivity contribution in [2.75, 3.05) is 33.4 Å². The largest absolute Gasteiger partial charge is 0.495 e. The molecule has 1 saturated heterocycles. The van der Waals surface area contributed by atoms with E-state index in [1.54, 1.807) is 4.90 Å². The zero-order chi connectivity index (χ0) is 20.9. The molecule has 1 atom stereocenters. The summed E-state index contributed by atoms with van der Waals surface area (Å²) < 4.78 is 38.9. The third-order valence-corrected chi connectivity index (χ3v) is 6.40. The van der Waals surface area contributed by atoms with Crippen LogP contribution in [-0.4, -0.2) is 58.7 Å². The van der Waals surface area contributed by atoms with Crippen molar-refractivity contribution in [3.63, 3.8) is 0 Å². The fraction of sp³-hybridized carbons (Fsp3) is 0.350. The number of hydrogen-bond donors (Lipinski definition) is 1. The van der Waals surface area contributed by atoms with Gasteiger partial charge >= 0.3 is 0 Å². The highest BCUT2D eigenvalue weighted by atomic mass is 35.5. The zero-order valence-electron chi connectivity index (χ0n) is 16.0. The van der Waals surface area contributed by atoms with Crippen LogP contribution in [0.15, 0.2) is 53.4 Å². The van der Waals surface area contributed by atoms with Crippen LogP contribution in [0.5, 0.6) is 5.75 Å². The van der Waals surface area contributed by atoms with Gasteiger partial charge in [0.25, 0.3) is 0 Å². The number of amides is 1. The fourth-order valence-corrected chi connectivity index (χ4v) is 4.64. The molecule has 1 aliphatic rings. The van der Waals surface area contributed by atoms with E-state index in [-0.39, 0.29) is 22.2 Å². The number of ether oxygens (including phenoxy) is 2. The molecule has 0 spiro atoms. The standard InChI is InChI=1S/C20H23ClN2O5S/c1-27-19-8-7-16(14-17(19)21)29(25,26)22-18(13-15-5-3-2-4-6-15)20(24)23-9-11-28-12-10-23/h2-8,14,18,22H,9-13H2,1H3. The van der Waals surface area contributed by atoms with E-state index in [1.165, 1.54) is 25.3 Å². The third kappa shape index (κ3) is 5.48. The Labute approximate surface area is 175 Å². The number of rotatable bonds is 7. The van der Waals surface area contributed by atoms with Gasteiger partial charge in [-0.25, -0.2) is 8.42 Å². The number of benzene rings is 2. The van der Waals surface area contributed by atoms with Gasteiger partial charge in [0.2, 0.25) is 15.9 Å². The molecule has 0 radical (unpaired) electrons. The molecule has 1 aliphatic heterocycles. The van der Waals surface area contributed by atoms with Crippen molar-refractivity contribution < 1.29 is 22.7 Å². The summed E-state index contributed by atoms with van der Waals surface area (Å²) in [4.78, 5) is 14.7. The van der Waals surface area contributed by atoms with Gasteiger partial charge in [-0.3, -0.25) is 4.79 Å². The first kappa shape index (κ1) is 21.6. The molecule has 7 nitrogen and oxygen atoms in total. The van der Waals surface area contributed by atoms with E-state index in [4.69, 9.17) is 21.1 Å². The number of carbonyl (C=O) groups is 1. The smallest absolute Gasteiger partial charge is 0.241 e.